The van der Waals surface area contributed by atoms with Gasteiger partial charge in [0.1, 0.15) is 0 Å². The molecule has 4 heteroatoms. The molecule has 0 radical (unpaired) electrons. The van der Waals surface area contributed by atoms with Crippen LogP contribution in [0.3, 0.4) is 0 Å². The SMILES string of the molecule is Cc1nn(CCC(C)(C)O)c(C)c1CO. The molecule has 2 N–H and O–H groups in total. The third kappa shape index (κ3) is 3.04. The summed E-state index contributed by atoms with van der Waals surface area (Å²) in [6, 6.07) is 0. The number of aliphatic hydroxyl groups excluding tert-OH is 1. The van der Waals surface area contributed by atoms with Gasteiger partial charge in [0, 0.05) is 17.8 Å². The minimum Gasteiger partial charge on any atom is -0.392 e. The zero-order valence-corrected chi connectivity index (χ0v) is 9.91. The Balaban J connectivity index is 2.79. The first kappa shape index (κ1) is 12.2. The standard InChI is InChI=1S/C11H20N2O2/c1-8-10(7-14)9(2)13(12-8)6-5-11(3,4)15/h14-15H,5-7H2,1-4H3. The van der Waals surface area contributed by atoms with Crippen LogP contribution in [0.4, 0.5) is 0 Å². The average Bonchev–Trinajstić information content (AvgIpc) is 2.37. The fourth-order valence-corrected chi connectivity index (χ4v) is 1.56. The van der Waals surface area contributed by atoms with Gasteiger partial charge >= 0.3 is 0 Å². The highest BCUT2D eigenvalue weighted by molar-refractivity contribution is 5.23. The van der Waals surface area contributed by atoms with Gasteiger partial charge in [0.25, 0.3) is 0 Å². The van der Waals surface area contributed by atoms with E-state index in [1.54, 1.807) is 13.8 Å². The zero-order chi connectivity index (χ0) is 11.6. The molecule has 0 fully saturated rings. The van der Waals surface area contributed by atoms with Crippen molar-refractivity contribution >= 4 is 0 Å². The van der Waals surface area contributed by atoms with Gasteiger partial charge in [-0.05, 0) is 34.1 Å². The molecule has 0 saturated heterocycles. The highest BCUT2D eigenvalue weighted by atomic mass is 16.3. The van der Waals surface area contributed by atoms with Crippen molar-refractivity contribution in [3.8, 4) is 0 Å². The first-order chi connectivity index (χ1) is 6.85. The van der Waals surface area contributed by atoms with E-state index >= 15 is 0 Å². The molecule has 0 aliphatic heterocycles. The molecule has 1 heterocycles. The largest absolute Gasteiger partial charge is 0.392 e. The number of hydrogen-bond acceptors (Lipinski definition) is 3. The molecule has 86 valence electrons. The second-order valence-corrected chi connectivity index (χ2v) is 4.59. The van der Waals surface area contributed by atoms with E-state index < -0.39 is 5.60 Å². The number of aliphatic hydroxyl groups is 2. The van der Waals surface area contributed by atoms with Gasteiger partial charge in [-0.25, -0.2) is 0 Å². The van der Waals surface area contributed by atoms with Gasteiger partial charge in [0.2, 0.25) is 0 Å². The summed E-state index contributed by atoms with van der Waals surface area (Å²) in [6.45, 7) is 8.10. The van der Waals surface area contributed by atoms with Crippen molar-refractivity contribution in [1.29, 1.82) is 0 Å². The number of aryl methyl sites for hydroxylation is 2. The van der Waals surface area contributed by atoms with Crippen LogP contribution >= 0.6 is 0 Å². The van der Waals surface area contributed by atoms with Crippen LogP contribution in [0.15, 0.2) is 0 Å². The van der Waals surface area contributed by atoms with Crippen LogP contribution in [0.2, 0.25) is 0 Å². The molecule has 4 nitrogen and oxygen atoms in total. The molecule has 1 aromatic heterocycles. The van der Waals surface area contributed by atoms with Crippen molar-refractivity contribution in [2.75, 3.05) is 0 Å². The van der Waals surface area contributed by atoms with Crippen LogP contribution in [0.5, 0.6) is 0 Å². The molecule has 0 aliphatic rings. The van der Waals surface area contributed by atoms with E-state index in [1.165, 1.54) is 0 Å². The van der Waals surface area contributed by atoms with Gasteiger partial charge in [0.05, 0.1) is 17.9 Å². The highest BCUT2D eigenvalue weighted by Crippen LogP contribution is 2.15. The molecule has 0 amide bonds. The van der Waals surface area contributed by atoms with Gasteiger partial charge in [0.15, 0.2) is 0 Å². The summed E-state index contributed by atoms with van der Waals surface area (Å²) in [5, 5.41) is 23.1. The summed E-state index contributed by atoms with van der Waals surface area (Å²) in [4.78, 5) is 0. The van der Waals surface area contributed by atoms with Crippen LogP contribution in [-0.2, 0) is 13.2 Å². The minimum atomic E-state index is -0.675. The Morgan fingerprint density at radius 2 is 1.93 bits per heavy atom. The normalized spacial score (nSPS) is 12.1. The van der Waals surface area contributed by atoms with E-state index in [0.29, 0.717) is 13.0 Å². The quantitative estimate of drug-likeness (QED) is 0.787. The van der Waals surface area contributed by atoms with Gasteiger partial charge in [-0.2, -0.15) is 5.10 Å². The molecule has 1 rings (SSSR count). The lowest BCUT2D eigenvalue weighted by molar-refractivity contribution is 0.0649. The van der Waals surface area contributed by atoms with E-state index in [-0.39, 0.29) is 6.61 Å². The van der Waals surface area contributed by atoms with E-state index in [2.05, 4.69) is 5.10 Å². The third-order valence-corrected chi connectivity index (χ3v) is 2.62. The van der Waals surface area contributed by atoms with Crippen molar-refractivity contribution in [2.24, 2.45) is 0 Å². The van der Waals surface area contributed by atoms with Crippen molar-refractivity contribution in [3.05, 3.63) is 17.0 Å². The molecule has 0 unspecified atom stereocenters. The van der Waals surface area contributed by atoms with Crippen molar-refractivity contribution in [2.45, 2.75) is 52.9 Å². The van der Waals surface area contributed by atoms with E-state index in [9.17, 15) is 5.11 Å². The van der Waals surface area contributed by atoms with E-state index in [0.717, 1.165) is 17.0 Å². The summed E-state index contributed by atoms with van der Waals surface area (Å²) >= 11 is 0. The lowest BCUT2D eigenvalue weighted by Gasteiger charge is -2.17. The smallest absolute Gasteiger partial charge is 0.0718 e. The predicted octanol–water partition coefficient (Wildman–Crippen LogP) is 1.15. The number of nitrogens with zero attached hydrogens (tertiary/aromatic N) is 2. The molecule has 0 aliphatic carbocycles. The molecule has 0 aromatic carbocycles. The third-order valence-electron chi connectivity index (χ3n) is 2.62. The summed E-state index contributed by atoms with van der Waals surface area (Å²) in [5.74, 6) is 0. The maximum absolute atomic E-state index is 9.61. The van der Waals surface area contributed by atoms with E-state index in [1.807, 2.05) is 18.5 Å². The Bertz CT molecular complexity index is 337. The zero-order valence-electron chi connectivity index (χ0n) is 9.91. The van der Waals surface area contributed by atoms with Crippen molar-refractivity contribution < 1.29 is 10.2 Å². The van der Waals surface area contributed by atoms with Gasteiger partial charge < -0.3 is 10.2 Å². The summed E-state index contributed by atoms with van der Waals surface area (Å²) in [5.41, 5.74) is 2.07. The first-order valence-electron chi connectivity index (χ1n) is 5.21. The highest BCUT2D eigenvalue weighted by Gasteiger charge is 2.15. The van der Waals surface area contributed by atoms with Gasteiger partial charge in [-0.15, -0.1) is 0 Å². The Hall–Kier alpha value is -0.870. The number of rotatable bonds is 4. The van der Waals surface area contributed by atoms with Crippen LogP contribution < -0.4 is 0 Å². The van der Waals surface area contributed by atoms with Gasteiger partial charge in [-0.1, -0.05) is 0 Å². The van der Waals surface area contributed by atoms with Crippen molar-refractivity contribution in [3.63, 3.8) is 0 Å². The number of hydrogen-bond donors (Lipinski definition) is 2. The predicted molar refractivity (Wildman–Crippen MR) is 58.5 cm³/mol. The molecule has 0 bridgehead atoms. The lowest BCUT2D eigenvalue weighted by Crippen LogP contribution is -2.21. The molecule has 1 aromatic rings. The second kappa shape index (κ2) is 4.33. The van der Waals surface area contributed by atoms with E-state index in [4.69, 9.17) is 5.11 Å². The summed E-state index contributed by atoms with van der Waals surface area (Å²) in [6.07, 6.45) is 0.653. The van der Waals surface area contributed by atoms with Crippen LogP contribution in [0.25, 0.3) is 0 Å². The number of aromatic nitrogens is 2. The average molecular weight is 212 g/mol. The Morgan fingerprint density at radius 1 is 1.33 bits per heavy atom. The monoisotopic (exact) mass is 212 g/mol. The summed E-state index contributed by atoms with van der Waals surface area (Å²) in [7, 11) is 0. The summed E-state index contributed by atoms with van der Waals surface area (Å²) < 4.78 is 1.85. The molecule has 15 heavy (non-hydrogen) atoms. The van der Waals surface area contributed by atoms with Crippen LogP contribution in [0.1, 0.15) is 37.2 Å². The molecular formula is C11H20N2O2. The van der Waals surface area contributed by atoms with Crippen LogP contribution in [0, 0.1) is 13.8 Å². The second-order valence-electron chi connectivity index (χ2n) is 4.59. The van der Waals surface area contributed by atoms with Gasteiger partial charge in [-0.3, -0.25) is 4.68 Å². The lowest BCUT2D eigenvalue weighted by atomic mass is 10.1. The maximum atomic E-state index is 9.61. The fraction of sp³-hybridized carbons (Fsp3) is 0.727. The molecule has 0 spiro atoms. The maximum Gasteiger partial charge on any atom is 0.0718 e. The minimum absolute atomic E-state index is 0.0280. The van der Waals surface area contributed by atoms with Crippen LogP contribution in [-0.4, -0.2) is 25.6 Å². The molecule has 0 saturated carbocycles. The Labute approximate surface area is 90.5 Å². The Morgan fingerprint density at radius 3 is 2.33 bits per heavy atom. The van der Waals surface area contributed by atoms with Crippen molar-refractivity contribution in [1.82, 2.24) is 9.78 Å². The first-order valence-corrected chi connectivity index (χ1v) is 5.21. The molecular weight excluding hydrogens is 192 g/mol. The fourth-order valence-electron chi connectivity index (χ4n) is 1.56. The topological polar surface area (TPSA) is 58.3 Å². The molecule has 0 atom stereocenters. The Kier molecular flexibility index (Phi) is 3.52.